The van der Waals surface area contributed by atoms with E-state index in [0.29, 0.717) is 0 Å². The average molecular weight is 1320 g/mol. The zero-order valence-corrected chi connectivity index (χ0v) is 51.7. The second-order valence-corrected chi connectivity index (χ2v) is 37.1. The van der Waals surface area contributed by atoms with E-state index in [4.69, 9.17) is 44.3 Å². The maximum absolute atomic E-state index is 6.64. The Morgan fingerprint density at radius 1 is 0.274 bits per heavy atom. The molecule has 10 aromatic rings. The smallest absolute Gasteiger partial charge is 0.226 e. The molecule has 4 aliphatic rings. The summed E-state index contributed by atoms with van der Waals surface area (Å²) in [5, 5.41) is 10.4. The van der Waals surface area contributed by atoms with Crippen molar-refractivity contribution in [3.8, 4) is 55.6 Å². The van der Waals surface area contributed by atoms with Gasteiger partial charge in [0, 0.05) is 17.9 Å². The van der Waals surface area contributed by atoms with Crippen LogP contribution < -0.4 is 79.2 Å². The quantitative estimate of drug-likeness (QED) is 0.0881. The summed E-state index contributed by atoms with van der Waals surface area (Å²) < 4.78 is 4.34. The minimum absolute atomic E-state index is 0. The SMILES string of the molecule is Brc1ccc2c(c1)[Si]1(c3ccccc3-c3ccccc31)c1cc(Br)ccc1-2.Cl[Si]1(Cl)c2cc(Br)ccc2-c2ccc(Br)cc21.Cl[Si]1(Cl)c2ccccc2-c2ccccc21.[Li+].[Li+].[c-]1ccccc1-c1[c-]cccc1. The predicted octanol–water partition coefficient (Wildman–Crippen LogP) is 8.44. The third-order valence-electron chi connectivity index (χ3n) is 13.5. The van der Waals surface area contributed by atoms with E-state index < -0.39 is 21.5 Å². The van der Waals surface area contributed by atoms with Crippen molar-refractivity contribution in [3.05, 3.63) is 248 Å². The van der Waals surface area contributed by atoms with Crippen LogP contribution >= 0.6 is 108 Å². The number of hydrogen-bond donors (Lipinski definition) is 0. The van der Waals surface area contributed by atoms with Gasteiger partial charge in [0.05, 0.1) is 0 Å². The second kappa shape index (κ2) is 22.6. The third-order valence-corrected chi connectivity index (χ3v) is 29.7. The van der Waals surface area contributed by atoms with Crippen LogP contribution in [0.4, 0.5) is 0 Å². The summed E-state index contributed by atoms with van der Waals surface area (Å²) in [7, 11) is -2.27. The molecule has 0 aromatic heterocycles. The Kier molecular flexibility index (Phi) is 17.0. The Balaban J connectivity index is 0.000000125. The van der Waals surface area contributed by atoms with Gasteiger partial charge in [0.15, 0.2) is 8.07 Å². The number of halogens is 8. The van der Waals surface area contributed by atoms with Crippen LogP contribution in [0.15, 0.2) is 236 Å². The standard InChI is InChI=1S/C24H14Br2Si.C12H6Br2Cl2Si.C12H8Cl2Si.C12H8.2Li/c25-15-9-11-19-20-12-10-16(26)14-24(20)27(23(19)13-15)21-7-3-1-5-17(21)18-6-2-4-8-22(18)27;13-7-1-3-9-10-4-2-8(14)6-12(10)17(15,16)11(9)5-7;13-15(14)11-7-3-1-5-9(11)10-6-2-4-8-12(10)15;1-3-7-11(8-4-1)12-9-5-2-6-10-12;;/h1-14H;1-6H;1-8H;1-7,9H;;/q;;;-2;2*+1. The zero-order chi connectivity index (χ0) is 49.1. The van der Waals surface area contributed by atoms with Crippen LogP contribution in [0.25, 0.3) is 55.6 Å². The van der Waals surface area contributed by atoms with Crippen molar-refractivity contribution >= 4 is 171 Å². The van der Waals surface area contributed by atoms with Gasteiger partial charge in [-0.1, -0.05) is 185 Å². The van der Waals surface area contributed by atoms with Crippen LogP contribution in [-0.4, -0.2) is 21.5 Å². The maximum Gasteiger partial charge on any atom is 1.00 e. The van der Waals surface area contributed by atoms with Gasteiger partial charge in [-0.3, -0.25) is 0 Å². The van der Waals surface area contributed by atoms with Crippen molar-refractivity contribution in [2.45, 2.75) is 0 Å². The molecule has 346 valence electrons. The van der Waals surface area contributed by atoms with Gasteiger partial charge in [0.1, 0.15) is 0 Å². The average Bonchev–Trinajstić information content (AvgIpc) is 4.02. The fraction of sp³-hybridized carbons (Fsp3) is 0. The Morgan fingerprint density at radius 2 is 0.534 bits per heavy atom. The molecule has 13 heteroatoms. The number of benzene rings is 10. The molecule has 14 rings (SSSR count). The van der Waals surface area contributed by atoms with Crippen LogP contribution in [-0.2, 0) is 0 Å². The summed E-state index contributed by atoms with van der Waals surface area (Å²) >= 11 is 40.8. The number of fused-ring (bicyclic) bond motifs is 16. The second-order valence-electron chi connectivity index (χ2n) is 17.4. The molecule has 4 heterocycles. The fourth-order valence-corrected chi connectivity index (χ4v) is 26.4. The molecule has 1 spiro atoms. The first-order valence-electron chi connectivity index (χ1n) is 22.7. The molecule has 0 amide bonds. The predicted molar refractivity (Wildman–Crippen MR) is 326 cm³/mol. The molecule has 0 radical (unpaired) electrons. The maximum atomic E-state index is 6.64. The van der Waals surface area contributed by atoms with E-state index in [1.807, 2.05) is 109 Å². The van der Waals surface area contributed by atoms with E-state index in [-0.39, 0.29) is 37.7 Å². The van der Waals surface area contributed by atoms with Gasteiger partial charge >= 0.3 is 51.1 Å². The molecule has 0 aliphatic carbocycles. The van der Waals surface area contributed by atoms with E-state index in [9.17, 15) is 0 Å². The third kappa shape index (κ3) is 9.93. The van der Waals surface area contributed by atoms with Crippen molar-refractivity contribution in [2.24, 2.45) is 0 Å². The van der Waals surface area contributed by atoms with E-state index in [0.717, 1.165) is 60.9 Å². The van der Waals surface area contributed by atoms with Crippen molar-refractivity contribution in [1.29, 1.82) is 0 Å². The van der Waals surface area contributed by atoms with Gasteiger partial charge in [-0.05, 0) is 135 Å². The van der Waals surface area contributed by atoms with Crippen molar-refractivity contribution < 1.29 is 37.7 Å². The molecule has 0 atom stereocenters. The molecule has 10 aromatic carbocycles. The fourth-order valence-electron chi connectivity index (χ4n) is 10.5. The summed E-state index contributed by atoms with van der Waals surface area (Å²) in [6.45, 7) is -5.00. The Hall–Kier alpha value is -2.87. The molecule has 0 saturated heterocycles. The molecular weight excluding hydrogens is 1280 g/mol. The van der Waals surface area contributed by atoms with Crippen LogP contribution in [0.5, 0.6) is 0 Å². The first kappa shape index (κ1) is 54.9. The molecule has 73 heavy (non-hydrogen) atoms. The van der Waals surface area contributed by atoms with Gasteiger partial charge in [0.2, 0.25) is 0 Å². The number of rotatable bonds is 1. The van der Waals surface area contributed by atoms with E-state index in [1.54, 1.807) is 0 Å². The van der Waals surface area contributed by atoms with Gasteiger partial charge in [-0.15, -0.1) is 56.4 Å². The van der Waals surface area contributed by atoms with Crippen LogP contribution in [0.2, 0.25) is 0 Å². The molecular formula is C60H36Br4Cl4Li2Si3. The normalized spacial score (nSPS) is 13.9. The molecule has 0 fully saturated rings. The molecule has 0 saturated carbocycles. The largest absolute Gasteiger partial charge is 1.00 e. The first-order chi connectivity index (χ1) is 34.4. The molecule has 0 N–H and O–H groups in total. The molecule has 0 nitrogen and oxygen atoms in total. The topological polar surface area (TPSA) is 0 Å². The molecule has 4 aliphatic heterocycles. The summed E-state index contributed by atoms with van der Waals surface area (Å²) in [6, 6.07) is 82.4. The number of hydrogen-bond acceptors (Lipinski definition) is 0. The Bertz CT molecular complexity index is 3460. The van der Waals surface area contributed by atoms with Crippen LogP contribution in [0.1, 0.15) is 0 Å². The minimum atomic E-state index is -2.56. The summed E-state index contributed by atoms with van der Waals surface area (Å²) in [4.78, 5) is 0. The molecule has 0 unspecified atom stereocenters. The van der Waals surface area contributed by atoms with Crippen LogP contribution in [0, 0.1) is 12.1 Å². The Labute approximate surface area is 506 Å². The van der Waals surface area contributed by atoms with Gasteiger partial charge < -0.3 is 0 Å². The molecule has 0 bridgehead atoms. The van der Waals surface area contributed by atoms with Crippen molar-refractivity contribution in [3.63, 3.8) is 0 Å². The van der Waals surface area contributed by atoms with Crippen LogP contribution in [0.3, 0.4) is 0 Å². The van der Waals surface area contributed by atoms with Gasteiger partial charge in [0.25, 0.3) is 0 Å². The monoisotopic (exact) mass is 1310 g/mol. The van der Waals surface area contributed by atoms with E-state index >= 15 is 0 Å². The summed E-state index contributed by atoms with van der Waals surface area (Å²) in [5.74, 6) is 0. The minimum Gasteiger partial charge on any atom is -0.226 e. The van der Waals surface area contributed by atoms with E-state index in [2.05, 4.69) is 185 Å². The van der Waals surface area contributed by atoms with E-state index in [1.165, 1.54) is 54.1 Å². The van der Waals surface area contributed by atoms with Gasteiger partial charge in [-0.25, -0.2) is 11.1 Å². The summed E-state index contributed by atoms with van der Waals surface area (Å²) in [5.41, 5.74) is 12.5. The van der Waals surface area contributed by atoms with Crippen molar-refractivity contribution in [2.75, 3.05) is 0 Å². The summed E-state index contributed by atoms with van der Waals surface area (Å²) in [6.07, 6.45) is 0. The zero-order valence-electron chi connectivity index (χ0n) is 39.3. The first-order valence-corrected chi connectivity index (χ1v) is 35.9. The van der Waals surface area contributed by atoms with Gasteiger partial charge in [-0.2, -0.15) is 48.5 Å². The Morgan fingerprint density at radius 3 is 0.877 bits per heavy atom. The van der Waals surface area contributed by atoms with Crippen molar-refractivity contribution in [1.82, 2.24) is 0 Å².